The molecule has 1 saturated heterocycles. The van der Waals surface area contributed by atoms with Crippen LogP contribution < -0.4 is 15.8 Å². The van der Waals surface area contributed by atoms with Crippen molar-refractivity contribution in [3.05, 3.63) is 58.1 Å². The Kier molecular flexibility index (Phi) is 4.18. The maximum absolute atomic E-state index is 12.0. The summed E-state index contributed by atoms with van der Waals surface area (Å²) in [6.07, 6.45) is 5.60. The number of nitrogens with zero attached hydrogens (tertiary/aromatic N) is 2. The maximum atomic E-state index is 12.0. The number of H-pyrrole nitrogens is 1. The minimum atomic E-state index is -0.221. The number of aromatic amines is 1. The Hall–Kier alpha value is -2.63. The van der Waals surface area contributed by atoms with Crippen molar-refractivity contribution >= 4 is 11.7 Å². The van der Waals surface area contributed by atoms with E-state index < -0.39 is 0 Å². The molecule has 6 heteroatoms. The molecule has 1 aliphatic heterocycles. The second-order valence-corrected chi connectivity index (χ2v) is 5.34. The molecule has 0 atom stereocenters. The van der Waals surface area contributed by atoms with Crippen LogP contribution >= 0.6 is 0 Å². The van der Waals surface area contributed by atoms with E-state index in [1.165, 1.54) is 31.2 Å². The van der Waals surface area contributed by atoms with Gasteiger partial charge in [0, 0.05) is 38.1 Å². The van der Waals surface area contributed by atoms with Gasteiger partial charge in [-0.1, -0.05) is 0 Å². The summed E-state index contributed by atoms with van der Waals surface area (Å²) >= 11 is 0. The lowest BCUT2D eigenvalue weighted by molar-refractivity contribution is 0.0950. The van der Waals surface area contributed by atoms with E-state index in [0.717, 1.165) is 24.5 Å². The second kappa shape index (κ2) is 6.43. The van der Waals surface area contributed by atoms with Gasteiger partial charge in [0.25, 0.3) is 5.91 Å². The highest BCUT2D eigenvalue weighted by Gasteiger charge is 2.13. The number of hydrogen-bond donors (Lipinski definition) is 2. The Balaban J connectivity index is 1.63. The van der Waals surface area contributed by atoms with Crippen LogP contribution in [0.2, 0.25) is 0 Å². The molecule has 0 saturated carbocycles. The van der Waals surface area contributed by atoms with Gasteiger partial charge in [-0.25, -0.2) is 4.98 Å². The molecule has 0 unspecified atom stereocenters. The fourth-order valence-corrected chi connectivity index (χ4v) is 2.53. The molecule has 114 valence electrons. The molecule has 3 rings (SSSR count). The quantitative estimate of drug-likeness (QED) is 0.892. The van der Waals surface area contributed by atoms with Gasteiger partial charge in [0.1, 0.15) is 5.82 Å². The third-order valence-corrected chi connectivity index (χ3v) is 3.74. The molecule has 1 fully saturated rings. The highest BCUT2D eigenvalue weighted by molar-refractivity contribution is 5.93. The van der Waals surface area contributed by atoms with Crippen LogP contribution in [0.25, 0.3) is 0 Å². The Morgan fingerprint density at radius 2 is 2.09 bits per heavy atom. The summed E-state index contributed by atoms with van der Waals surface area (Å²) in [4.78, 5) is 32.1. The van der Waals surface area contributed by atoms with Gasteiger partial charge < -0.3 is 15.2 Å². The highest BCUT2D eigenvalue weighted by Crippen LogP contribution is 2.18. The number of pyridine rings is 2. The van der Waals surface area contributed by atoms with Crippen molar-refractivity contribution in [2.24, 2.45) is 0 Å². The predicted molar refractivity (Wildman–Crippen MR) is 83.9 cm³/mol. The molecule has 3 heterocycles. The first-order chi connectivity index (χ1) is 10.7. The van der Waals surface area contributed by atoms with E-state index in [1.54, 1.807) is 6.20 Å². The third-order valence-electron chi connectivity index (χ3n) is 3.74. The first-order valence-corrected chi connectivity index (χ1v) is 7.39. The lowest BCUT2D eigenvalue weighted by atomic mass is 10.2. The van der Waals surface area contributed by atoms with E-state index in [4.69, 9.17) is 0 Å². The number of hydrogen-bond acceptors (Lipinski definition) is 4. The SMILES string of the molecule is O=C(NCc1ccnc(N2CCCC2)c1)c1ccc(=O)[nH]c1. The maximum Gasteiger partial charge on any atom is 0.253 e. The zero-order valence-corrected chi connectivity index (χ0v) is 12.2. The summed E-state index contributed by atoms with van der Waals surface area (Å²) in [5.41, 5.74) is 1.23. The number of carbonyl (C=O) groups excluding carboxylic acids is 1. The molecular formula is C16H18N4O2. The van der Waals surface area contributed by atoms with Gasteiger partial charge in [-0.15, -0.1) is 0 Å². The monoisotopic (exact) mass is 298 g/mol. The molecule has 22 heavy (non-hydrogen) atoms. The van der Waals surface area contributed by atoms with Gasteiger partial charge in [0.2, 0.25) is 5.56 Å². The molecule has 0 spiro atoms. The van der Waals surface area contributed by atoms with E-state index in [-0.39, 0.29) is 11.5 Å². The molecule has 0 aliphatic carbocycles. The van der Waals surface area contributed by atoms with Crippen molar-refractivity contribution in [3.63, 3.8) is 0 Å². The van der Waals surface area contributed by atoms with Crippen molar-refractivity contribution in [1.29, 1.82) is 0 Å². The molecule has 6 nitrogen and oxygen atoms in total. The van der Waals surface area contributed by atoms with Crippen LogP contribution in [0.1, 0.15) is 28.8 Å². The highest BCUT2D eigenvalue weighted by atomic mass is 16.1. The van der Waals surface area contributed by atoms with Gasteiger partial charge in [-0.05, 0) is 36.6 Å². The second-order valence-electron chi connectivity index (χ2n) is 5.34. The van der Waals surface area contributed by atoms with Crippen molar-refractivity contribution in [2.75, 3.05) is 18.0 Å². The summed E-state index contributed by atoms with van der Waals surface area (Å²) < 4.78 is 0. The van der Waals surface area contributed by atoms with Crippen LogP contribution in [0.4, 0.5) is 5.82 Å². The van der Waals surface area contributed by atoms with Gasteiger partial charge in [0.15, 0.2) is 0 Å². The summed E-state index contributed by atoms with van der Waals surface area (Å²) in [7, 11) is 0. The minimum absolute atomic E-state index is 0.212. The molecule has 2 aromatic rings. The molecule has 2 N–H and O–H groups in total. The largest absolute Gasteiger partial charge is 0.357 e. The molecule has 0 aromatic carbocycles. The van der Waals surface area contributed by atoms with Crippen molar-refractivity contribution in [2.45, 2.75) is 19.4 Å². The number of amides is 1. The summed E-state index contributed by atoms with van der Waals surface area (Å²) in [6, 6.07) is 6.76. The van der Waals surface area contributed by atoms with Gasteiger partial charge in [0.05, 0.1) is 5.56 Å². The lowest BCUT2D eigenvalue weighted by Gasteiger charge is -2.17. The normalized spacial score (nSPS) is 14.1. The van der Waals surface area contributed by atoms with Crippen LogP contribution in [-0.2, 0) is 6.54 Å². The van der Waals surface area contributed by atoms with Crippen LogP contribution in [0.15, 0.2) is 41.5 Å². The van der Waals surface area contributed by atoms with E-state index >= 15 is 0 Å². The third kappa shape index (κ3) is 3.33. The summed E-state index contributed by atoms with van der Waals surface area (Å²) in [5, 5.41) is 2.85. The Morgan fingerprint density at radius 3 is 2.82 bits per heavy atom. The fraction of sp³-hybridized carbons (Fsp3) is 0.312. The van der Waals surface area contributed by atoms with E-state index in [1.807, 2.05) is 12.1 Å². The number of carbonyl (C=O) groups is 1. The average Bonchev–Trinajstić information content (AvgIpc) is 3.08. The van der Waals surface area contributed by atoms with Crippen molar-refractivity contribution in [1.82, 2.24) is 15.3 Å². The summed E-state index contributed by atoms with van der Waals surface area (Å²) in [6.45, 7) is 2.52. The number of anilines is 1. The lowest BCUT2D eigenvalue weighted by Crippen LogP contribution is -2.24. The van der Waals surface area contributed by atoms with Crippen LogP contribution in [-0.4, -0.2) is 29.0 Å². The van der Waals surface area contributed by atoms with Crippen LogP contribution in [0.3, 0.4) is 0 Å². The topological polar surface area (TPSA) is 78.1 Å². The average molecular weight is 298 g/mol. The smallest absolute Gasteiger partial charge is 0.253 e. The minimum Gasteiger partial charge on any atom is -0.357 e. The number of nitrogens with one attached hydrogen (secondary N) is 2. The van der Waals surface area contributed by atoms with Gasteiger partial charge in [-0.3, -0.25) is 9.59 Å². The predicted octanol–water partition coefficient (Wildman–Crippen LogP) is 1.30. The first-order valence-electron chi connectivity index (χ1n) is 7.39. The first kappa shape index (κ1) is 14.3. The Morgan fingerprint density at radius 1 is 1.27 bits per heavy atom. The standard InChI is InChI=1S/C16H18N4O2/c21-15-4-3-13(11-18-15)16(22)19-10-12-5-6-17-14(9-12)20-7-1-2-8-20/h3-6,9,11H,1-2,7-8,10H2,(H,18,21)(H,19,22). The fourth-order valence-electron chi connectivity index (χ4n) is 2.53. The molecule has 1 aliphatic rings. The zero-order valence-electron chi connectivity index (χ0n) is 12.2. The number of aromatic nitrogens is 2. The Bertz CT molecular complexity index is 700. The zero-order chi connectivity index (χ0) is 15.4. The van der Waals surface area contributed by atoms with Gasteiger partial charge in [-0.2, -0.15) is 0 Å². The van der Waals surface area contributed by atoms with Crippen LogP contribution in [0, 0.1) is 0 Å². The van der Waals surface area contributed by atoms with Gasteiger partial charge >= 0.3 is 0 Å². The Labute approximate surface area is 128 Å². The van der Waals surface area contributed by atoms with E-state index in [2.05, 4.69) is 20.2 Å². The van der Waals surface area contributed by atoms with E-state index in [0.29, 0.717) is 12.1 Å². The van der Waals surface area contributed by atoms with Crippen LogP contribution in [0.5, 0.6) is 0 Å². The summed E-state index contributed by atoms with van der Waals surface area (Å²) in [5.74, 6) is 0.754. The molecule has 2 aromatic heterocycles. The molecule has 1 amide bonds. The molecular weight excluding hydrogens is 280 g/mol. The van der Waals surface area contributed by atoms with Crippen molar-refractivity contribution in [3.8, 4) is 0 Å². The van der Waals surface area contributed by atoms with Crippen molar-refractivity contribution < 1.29 is 4.79 Å². The molecule has 0 radical (unpaired) electrons. The molecule has 0 bridgehead atoms. The number of rotatable bonds is 4. The van der Waals surface area contributed by atoms with E-state index in [9.17, 15) is 9.59 Å².